The van der Waals surface area contributed by atoms with Gasteiger partial charge in [0.1, 0.15) is 0 Å². The first-order valence-electron chi connectivity index (χ1n) is 4.91. The topological polar surface area (TPSA) is 0 Å². The maximum absolute atomic E-state index is 2.26. The van der Waals surface area contributed by atoms with Gasteiger partial charge in [-0.2, -0.15) is 0 Å². The molecule has 1 aromatic rings. The highest BCUT2D eigenvalue weighted by Gasteiger charge is 2.31. The molecule has 0 spiro atoms. The van der Waals surface area contributed by atoms with Crippen molar-refractivity contribution < 1.29 is 0 Å². The normalized spacial score (nSPS) is 20.2. The number of hydrogen-bond acceptors (Lipinski definition) is 0. The van der Waals surface area contributed by atoms with E-state index in [0.717, 1.165) is 5.92 Å². The van der Waals surface area contributed by atoms with Gasteiger partial charge in [-0.1, -0.05) is 41.0 Å². The fourth-order valence-electron chi connectivity index (χ4n) is 1.83. The van der Waals surface area contributed by atoms with E-state index in [-0.39, 0.29) is 0 Å². The Labute approximate surface area is 80.3 Å². The van der Waals surface area contributed by atoms with Crippen molar-refractivity contribution in [2.45, 2.75) is 33.1 Å². The second-order valence-electron chi connectivity index (χ2n) is 4.19. The molecular weight excluding hydrogens is 156 g/mol. The third kappa shape index (κ3) is 1.67. The Morgan fingerprint density at radius 2 is 1.77 bits per heavy atom. The minimum Gasteiger partial charge on any atom is -0.0766 e. The molecule has 1 atom stereocenters. The maximum Gasteiger partial charge on any atom is 0.00884 e. The van der Waals surface area contributed by atoms with Crippen molar-refractivity contribution in [2.24, 2.45) is 0 Å². The predicted octanol–water partition coefficient (Wildman–Crippen LogP) is 3.82. The van der Waals surface area contributed by atoms with E-state index in [9.17, 15) is 0 Å². The van der Waals surface area contributed by atoms with Crippen LogP contribution in [0.1, 0.15) is 37.3 Å². The van der Waals surface area contributed by atoms with Gasteiger partial charge in [-0.25, -0.2) is 0 Å². The van der Waals surface area contributed by atoms with Crippen LogP contribution in [0.3, 0.4) is 0 Å². The Balaban J connectivity index is 2.22. The Hall–Kier alpha value is -1.04. The zero-order valence-corrected chi connectivity index (χ0v) is 8.59. The molecule has 13 heavy (non-hydrogen) atoms. The van der Waals surface area contributed by atoms with Crippen molar-refractivity contribution in [1.82, 2.24) is 0 Å². The molecule has 1 fully saturated rings. The Morgan fingerprint density at radius 1 is 1.15 bits per heavy atom. The number of allylic oxidation sites excluding steroid dienone is 2. The van der Waals surface area contributed by atoms with Gasteiger partial charge in [0.15, 0.2) is 0 Å². The first-order chi connectivity index (χ1) is 6.18. The van der Waals surface area contributed by atoms with E-state index in [4.69, 9.17) is 0 Å². The summed E-state index contributed by atoms with van der Waals surface area (Å²) in [5.74, 6) is 0.741. The molecule has 0 heteroatoms. The van der Waals surface area contributed by atoms with Crippen molar-refractivity contribution in [3.63, 3.8) is 0 Å². The molecule has 1 saturated carbocycles. The minimum atomic E-state index is 0.741. The smallest absolute Gasteiger partial charge is 0.00884 e. The Morgan fingerprint density at radius 3 is 2.23 bits per heavy atom. The van der Waals surface area contributed by atoms with Crippen molar-refractivity contribution in [1.29, 1.82) is 0 Å². The van der Waals surface area contributed by atoms with Crippen LogP contribution in [-0.2, 0) is 0 Å². The fraction of sp³-hybridized carbons (Fsp3) is 0.385. The molecule has 0 N–H and O–H groups in total. The minimum absolute atomic E-state index is 0.741. The molecule has 0 nitrogen and oxygen atoms in total. The average Bonchev–Trinajstić information content (AvgIpc) is 2.85. The molecule has 1 aliphatic rings. The zero-order chi connectivity index (χ0) is 9.42. The summed E-state index contributed by atoms with van der Waals surface area (Å²) in [7, 11) is 0. The Bertz CT molecular complexity index is 337. The lowest BCUT2D eigenvalue weighted by Crippen LogP contribution is -1.79. The first kappa shape index (κ1) is 8.55. The number of rotatable bonds is 1. The van der Waals surface area contributed by atoms with Crippen molar-refractivity contribution in [3.05, 3.63) is 46.5 Å². The molecule has 1 unspecified atom stereocenters. The molecular formula is C13H16. The highest BCUT2D eigenvalue weighted by molar-refractivity contribution is 5.43. The maximum atomic E-state index is 2.26. The number of hydrogen-bond donors (Lipinski definition) is 0. The van der Waals surface area contributed by atoms with Crippen LogP contribution in [0.25, 0.3) is 0 Å². The van der Waals surface area contributed by atoms with Gasteiger partial charge >= 0.3 is 0 Å². The van der Waals surface area contributed by atoms with Gasteiger partial charge in [0.2, 0.25) is 0 Å². The summed E-state index contributed by atoms with van der Waals surface area (Å²) in [6.45, 7) is 6.56. The quantitative estimate of drug-likeness (QED) is 0.565. The van der Waals surface area contributed by atoms with Gasteiger partial charge in [-0.3, -0.25) is 0 Å². The lowest BCUT2D eigenvalue weighted by Gasteiger charge is -1.97. The van der Waals surface area contributed by atoms with Crippen LogP contribution < -0.4 is 0 Å². The molecule has 1 aliphatic carbocycles. The van der Waals surface area contributed by atoms with Gasteiger partial charge in [-0.15, -0.1) is 0 Å². The van der Waals surface area contributed by atoms with Gasteiger partial charge in [0, 0.05) is 5.92 Å². The molecule has 0 aromatic heterocycles. The molecule has 68 valence electrons. The Kier molecular flexibility index (Phi) is 1.99. The molecule has 0 amide bonds. The summed E-state index contributed by atoms with van der Waals surface area (Å²) in [5.41, 5.74) is 5.99. The van der Waals surface area contributed by atoms with Crippen molar-refractivity contribution >= 4 is 0 Å². The van der Waals surface area contributed by atoms with E-state index in [1.54, 1.807) is 5.57 Å². The molecule has 0 bridgehead atoms. The van der Waals surface area contributed by atoms with E-state index in [0.29, 0.717) is 0 Å². The van der Waals surface area contributed by atoms with Gasteiger partial charge in [-0.05, 0) is 32.8 Å². The molecule has 1 aromatic carbocycles. The fourth-order valence-corrected chi connectivity index (χ4v) is 1.83. The second kappa shape index (κ2) is 3.02. The predicted molar refractivity (Wildman–Crippen MR) is 56.9 cm³/mol. The highest BCUT2D eigenvalue weighted by Crippen LogP contribution is 2.48. The van der Waals surface area contributed by atoms with Crippen LogP contribution in [0, 0.1) is 6.92 Å². The highest BCUT2D eigenvalue weighted by atomic mass is 14.4. The number of benzene rings is 1. The first-order valence-corrected chi connectivity index (χ1v) is 4.91. The lowest BCUT2D eigenvalue weighted by molar-refractivity contribution is 1.15. The summed E-state index contributed by atoms with van der Waals surface area (Å²) >= 11 is 0. The van der Waals surface area contributed by atoms with Crippen molar-refractivity contribution in [3.8, 4) is 0 Å². The monoisotopic (exact) mass is 172 g/mol. The van der Waals surface area contributed by atoms with E-state index in [1.165, 1.54) is 23.1 Å². The second-order valence-corrected chi connectivity index (χ2v) is 4.19. The van der Waals surface area contributed by atoms with Gasteiger partial charge < -0.3 is 0 Å². The summed E-state index contributed by atoms with van der Waals surface area (Å²) in [6, 6.07) is 8.93. The van der Waals surface area contributed by atoms with Gasteiger partial charge in [0.25, 0.3) is 0 Å². The number of aryl methyl sites for hydroxylation is 1. The molecule has 0 radical (unpaired) electrons. The average molecular weight is 172 g/mol. The summed E-state index contributed by atoms with van der Waals surface area (Å²) < 4.78 is 0. The standard InChI is InChI=1S/C13H16/c1-9(2)12-8-13(12)11-6-4-10(3)5-7-11/h4-7,13H,8H2,1-3H3. The molecule has 0 aliphatic heterocycles. The van der Waals surface area contributed by atoms with E-state index < -0.39 is 0 Å². The van der Waals surface area contributed by atoms with Crippen LogP contribution in [0.5, 0.6) is 0 Å². The van der Waals surface area contributed by atoms with Crippen molar-refractivity contribution in [2.75, 3.05) is 0 Å². The molecule has 0 saturated heterocycles. The molecule has 2 rings (SSSR count). The van der Waals surface area contributed by atoms with Crippen LogP contribution in [0.15, 0.2) is 35.4 Å². The lowest BCUT2D eigenvalue weighted by atomic mass is 10.1. The van der Waals surface area contributed by atoms with E-state index >= 15 is 0 Å². The van der Waals surface area contributed by atoms with Crippen LogP contribution in [0.4, 0.5) is 0 Å². The van der Waals surface area contributed by atoms with Crippen LogP contribution >= 0.6 is 0 Å². The van der Waals surface area contributed by atoms with Gasteiger partial charge in [0.05, 0.1) is 0 Å². The van der Waals surface area contributed by atoms with Crippen LogP contribution in [0.2, 0.25) is 0 Å². The zero-order valence-electron chi connectivity index (χ0n) is 8.59. The SMILES string of the molecule is CC(C)=C1CC1c1ccc(C)cc1. The van der Waals surface area contributed by atoms with E-state index in [1.807, 2.05) is 0 Å². The molecule has 0 heterocycles. The third-order valence-electron chi connectivity index (χ3n) is 2.81. The summed E-state index contributed by atoms with van der Waals surface area (Å²) in [5, 5.41) is 0. The summed E-state index contributed by atoms with van der Waals surface area (Å²) in [6.07, 6.45) is 1.28. The van der Waals surface area contributed by atoms with E-state index in [2.05, 4.69) is 45.0 Å². The largest absolute Gasteiger partial charge is 0.0766 e. The third-order valence-corrected chi connectivity index (χ3v) is 2.81. The van der Waals surface area contributed by atoms with Crippen LogP contribution in [-0.4, -0.2) is 0 Å². The summed E-state index contributed by atoms with van der Waals surface area (Å²) in [4.78, 5) is 0.